The lowest BCUT2D eigenvalue weighted by Gasteiger charge is -2.19. The molecule has 3 aromatic rings. The molecule has 0 amide bonds. The van der Waals surface area contributed by atoms with Crippen molar-refractivity contribution in [1.29, 1.82) is 0 Å². The standard InChI is InChI=1S/C19H20N2O3/c1-3-24-18(22)11-15(13-7-5-4-6-8-13)14-9-10-17(23-2)19-16(14)12-20-21-19/h4-10,12,15H,3,11H2,1-2H3,(H,20,21). The lowest BCUT2D eigenvalue weighted by molar-refractivity contribution is -0.143. The fourth-order valence-electron chi connectivity index (χ4n) is 2.98. The third kappa shape index (κ3) is 3.11. The summed E-state index contributed by atoms with van der Waals surface area (Å²) >= 11 is 0. The van der Waals surface area contributed by atoms with Crippen molar-refractivity contribution in [2.24, 2.45) is 0 Å². The van der Waals surface area contributed by atoms with Crippen molar-refractivity contribution >= 4 is 16.9 Å². The van der Waals surface area contributed by atoms with Gasteiger partial charge >= 0.3 is 5.97 Å². The Labute approximate surface area is 140 Å². The van der Waals surface area contributed by atoms with Gasteiger partial charge in [-0.25, -0.2) is 0 Å². The summed E-state index contributed by atoms with van der Waals surface area (Å²) in [6, 6.07) is 13.9. The Bertz CT molecular complexity index is 827. The topological polar surface area (TPSA) is 64.2 Å². The summed E-state index contributed by atoms with van der Waals surface area (Å²) in [5.41, 5.74) is 2.93. The minimum absolute atomic E-state index is 0.101. The number of carbonyl (C=O) groups excluding carboxylic acids is 1. The van der Waals surface area contributed by atoms with Crippen LogP contribution in [-0.4, -0.2) is 29.9 Å². The Morgan fingerprint density at radius 1 is 1.21 bits per heavy atom. The molecule has 1 aromatic heterocycles. The van der Waals surface area contributed by atoms with E-state index in [1.165, 1.54) is 0 Å². The molecule has 0 saturated heterocycles. The van der Waals surface area contributed by atoms with E-state index in [-0.39, 0.29) is 18.3 Å². The second-order valence-electron chi connectivity index (χ2n) is 5.49. The summed E-state index contributed by atoms with van der Waals surface area (Å²) in [6.45, 7) is 2.20. The zero-order chi connectivity index (χ0) is 16.9. The average molecular weight is 324 g/mol. The van der Waals surface area contributed by atoms with Crippen LogP contribution in [0.3, 0.4) is 0 Å². The summed E-state index contributed by atoms with van der Waals surface area (Å²) in [5.74, 6) is 0.421. The largest absolute Gasteiger partial charge is 0.494 e. The van der Waals surface area contributed by atoms with Gasteiger partial charge in [0, 0.05) is 11.3 Å². The first-order valence-electron chi connectivity index (χ1n) is 7.95. The van der Waals surface area contributed by atoms with Crippen LogP contribution in [0.4, 0.5) is 0 Å². The molecule has 0 radical (unpaired) electrons. The molecule has 2 aromatic carbocycles. The number of esters is 1. The van der Waals surface area contributed by atoms with E-state index in [2.05, 4.69) is 10.2 Å². The number of hydrogen-bond acceptors (Lipinski definition) is 4. The third-order valence-corrected chi connectivity index (χ3v) is 4.08. The molecule has 0 aliphatic carbocycles. The van der Waals surface area contributed by atoms with Gasteiger partial charge in [0.25, 0.3) is 0 Å². The highest BCUT2D eigenvalue weighted by molar-refractivity contribution is 5.88. The molecule has 0 aliphatic heterocycles. The number of hydrogen-bond donors (Lipinski definition) is 1. The van der Waals surface area contributed by atoms with Gasteiger partial charge < -0.3 is 9.47 Å². The molecule has 1 atom stereocenters. The van der Waals surface area contributed by atoms with Crippen molar-refractivity contribution in [2.45, 2.75) is 19.3 Å². The molecular weight excluding hydrogens is 304 g/mol. The van der Waals surface area contributed by atoms with Gasteiger partial charge in [-0.05, 0) is 24.1 Å². The first-order valence-corrected chi connectivity index (χ1v) is 7.95. The van der Waals surface area contributed by atoms with E-state index < -0.39 is 0 Å². The maximum atomic E-state index is 12.1. The summed E-state index contributed by atoms with van der Waals surface area (Å²) in [6.07, 6.45) is 2.05. The van der Waals surface area contributed by atoms with Gasteiger partial charge in [-0.15, -0.1) is 0 Å². The van der Waals surface area contributed by atoms with Gasteiger partial charge in [0.1, 0.15) is 11.3 Å². The SMILES string of the molecule is CCOC(=O)CC(c1ccccc1)c1ccc(OC)c2[nH]ncc12. The zero-order valence-electron chi connectivity index (χ0n) is 13.8. The first-order chi connectivity index (χ1) is 11.7. The van der Waals surface area contributed by atoms with Crippen molar-refractivity contribution in [2.75, 3.05) is 13.7 Å². The molecule has 1 N–H and O–H groups in total. The predicted molar refractivity (Wildman–Crippen MR) is 92.2 cm³/mol. The summed E-state index contributed by atoms with van der Waals surface area (Å²) in [7, 11) is 1.63. The van der Waals surface area contributed by atoms with E-state index in [9.17, 15) is 4.79 Å². The Hall–Kier alpha value is -2.82. The monoisotopic (exact) mass is 324 g/mol. The highest BCUT2D eigenvalue weighted by atomic mass is 16.5. The summed E-state index contributed by atoms with van der Waals surface area (Å²) in [5, 5.41) is 8.07. The number of aromatic amines is 1. The Morgan fingerprint density at radius 3 is 2.71 bits per heavy atom. The number of H-pyrrole nitrogens is 1. The van der Waals surface area contributed by atoms with Crippen LogP contribution in [-0.2, 0) is 9.53 Å². The Balaban J connectivity index is 2.09. The lowest BCUT2D eigenvalue weighted by atomic mass is 9.86. The maximum Gasteiger partial charge on any atom is 0.306 e. The van der Waals surface area contributed by atoms with Crippen LogP contribution in [0, 0.1) is 0 Å². The second-order valence-corrected chi connectivity index (χ2v) is 5.49. The van der Waals surface area contributed by atoms with Gasteiger partial charge in [-0.1, -0.05) is 36.4 Å². The average Bonchev–Trinajstić information content (AvgIpc) is 3.10. The highest BCUT2D eigenvalue weighted by Crippen LogP contribution is 2.36. The van der Waals surface area contributed by atoms with Crippen molar-refractivity contribution in [3.05, 3.63) is 59.8 Å². The van der Waals surface area contributed by atoms with Gasteiger partial charge in [-0.2, -0.15) is 5.10 Å². The molecule has 1 unspecified atom stereocenters. The number of nitrogens with one attached hydrogen (secondary N) is 1. The van der Waals surface area contributed by atoms with Gasteiger partial charge in [0.15, 0.2) is 0 Å². The van der Waals surface area contributed by atoms with Crippen molar-refractivity contribution in [3.8, 4) is 5.75 Å². The van der Waals surface area contributed by atoms with Crippen LogP contribution in [0.1, 0.15) is 30.4 Å². The fourth-order valence-corrected chi connectivity index (χ4v) is 2.98. The summed E-state index contributed by atoms with van der Waals surface area (Å²) in [4.78, 5) is 12.1. The molecule has 5 nitrogen and oxygen atoms in total. The van der Waals surface area contributed by atoms with E-state index in [1.807, 2.05) is 49.4 Å². The van der Waals surface area contributed by atoms with Gasteiger partial charge in [0.2, 0.25) is 0 Å². The third-order valence-electron chi connectivity index (χ3n) is 4.08. The summed E-state index contributed by atoms with van der Waals surface area (Å²) < 4.78 is 10.5. The van der Waals surface area contributed by atoms with Crippen LogP contribution in [0.5, 0.6) is 5.75 Å². The number of aromatic nitrogens is 2. The van der Waals surface area contributed by atoms with E-state index >= 15 is 0 Å². The number of nitrogens with zero attached hydrogens (tertiary/aromatic N) is 1. The normalized spacial score (nSPS) is 12.1. The molecule has 0 fully saturated rings. The van der Waals surface area contributed by atoms with Crippen molar-refractivity contribution in [1.82, 2.24) is 10.2 Å². The number of rotatable bonds is 6. The minimum Gasteiger partial charge on any atom is -0.494 e. The van der Waals surface area contributed by atoms with Crippen LogP contribution < -0.4 is 4.74 Å². The quantitative estimate of drug-likeness (QED) is 0.703. The predicted octanol–water partition coefficient (Wildman–Crippen LogP) is 3.66. The Morgan fingerprint density at radius 2 is 2.00 bits per heavy atom. The molecule has 24 heavy (non-hydrogen) atoms. The smallest absolute Gasteiger partial charge is 0.306 e. The maximum absolute atomic E-state index is 12.1. The van der Waals surface area contributed by atoms with E-state index in [0.717, 1.165) is 27.8 Å². The van der Waals surface area contributed by atoms with Crippen LogP contribution in [0.15, 0.2) is 48.7 Å². The molecule has 1 heterocycles. The van der Waals surface area contributed by atoms with E-state index in [1.54, 1.807) is 13.3 Å². The number of benzene rings is 2. The molecule has 0 bridgehead atoms. The van der Waals surface area contributed by atoms with Crippen LogP contribution in [0.2, 0.25) is 0 Å². The number of ether oxygens (including phenoxy) is 2. The molecule has 0 aliphatic rings. The van der Waals surface area contributed by atoms with Crippen LogP contribution >= 0.6 is 0 Å². The van der Waals surface area contributed by atoms with Gasteiger partial charge in [0.05, 0.1) is 26.3 Å². The molecule has 124 valence electrons. The molecule has 5 heteroatoms. The van der Waals surface area contributed by atoms with Crippen molar-refractivity contribution in [3.63, 3.8) is 0 Å². The van der Waals surface area contributed by atoms with E-state index in [4.69, 9.17) is 9.47 Å². The molecular formula is C19H20N2O3. The Kier molecular flexibility index (Phi) is 4.79. The van der Waals surface area contributed by atoms with Gasteiger partial charge in [-0.3, -0.25) is 9.89 Å². The number of methoxy groups -OCH3 is 1. The molecule has 3 rings (SSSR count). The minimum atomic E-state index is -0.209. The lowest BCUT2D eigenvalue weighted by Crippen LogP contribution is -2.12. The molecule has 0 saturated carbocycles. The molecule has 0 spiro atoms. The van der Waals surface area contributed by atoms with E-state index in [0.29, 0.717) is 6.61 Å². The van der Waals surface area contributed by atoms with Crippen LogP contribution in [0.25, 0.3) is 10.9 Å². The van der Waals surface area contributed by atoms with Crippen molar-refractivity contribution < 1.29 is 14.3 Å². The number of carbonyl (C=O) groups is 1. The zero-order valence-corrected chi connectivity index (χ0v) is 13.8. The number of fused-ring (bicyclic) bond motifs is 1. The fraction of sp³-hybridized carbons (Fsp3) is 0.263. The highest BCUT2D eigenvalue weighted by Gasteiger charge is 2.22. The first kappa shape index (κ1) is 16.1. The second kappa shape index (κ2) is 7.17.